The second kappa shape index (κ2) is 9.50. The zero-order valence-electron chi connectivity index (χ0n) is 19.2. The summed E-state index contributed by atoms with van der Waals surface area (Å²) in [7, 11) is 1.59. The first-order chi connectivity index (χ1) is 17.4. The number of carbonyl (C=O) groups is 2. The maximum Gasteiger partial charge on any atom is 0.291 e. The molecule has 1 atom stereocenters. The Balaban J connectivity index is 1.61. The van der Waals surface area contributed by atoms with E-state index < -0.39 is 11.9 Å². The van der Waals surface area contributed by atoms with E-state index in [1.54, 1.807) is 54.5 Å². The lowest BCUT2D eigenvalue weighted by Crippen LogP contribution is -2.29. The van der Waals surface area contributed by atoms with Gasteiger partial charge in [0.15, 0.2) is 12.0 Å². The van der Waals surface area contributed by atoms with E-state index in [1.807, 2.05) is 24.3 Å². The number of hydrogen-bond donors (Lipinski definition) is 1. The van der Waals surface area contributed by atoms with Gasteiger partial charge in [0.05, 0.1) is 24.1 Å². The molecule has 5 rings (SSSR count). The lowest BCUT2D eigenvalue weighted by molar-refractivity contribution is -0.119. The third-order valence-corrected chi connectivity index (χ3v) is 6.51. The number of halogens is 1. The molecule has 2 amide bonds. The molecular formula is C27H21BrN2O6. The standard InChI is InChI=1S/C27H21BrN2O6/c1-34-18-7-2-15(3-8-18)13-30-24(16-4-9-19(10-5-16)35-14-22(29)31)23-25(32)20-12-17(28)6-11-21(20)36-26(23)27(30)33/h2-12,24H,13-14H2,1H3,(H2,29,31). The number of fused-ring (bicyclic) bond motifs is 2. The molecule has 36 heavy (non-hydrogen) atoms. The minimum absolute atomic E-state index is 0.0300. The third-order valence-electron chi connectivity index (χ3n) is 6.02. The van der Waals surface area contributed by atoms with Gasteiger partial charge < -0.3 is 24.5 Å². The van der Waals surface area contributed by atoms with E-state index in [0.29, 0.717) is 28.0 Å². The number of ether oxygens (including phenoxy) is 2. The normalized spacial score (nSPS) is 14.7. The molecule has 0 bridgehead atoms. The van der Waals surface area contributed by atoms with Gasteiger partial charge in [0.1, 0.15) is 17.1 Å². The molecule has 3 aromatic carbocycles. The molecule has 182 valence electrons. The number of nitrogens with zero attached hydrogens (tertiary/aromatic N) is 1. The predicted octanol–water partition coefficient (Wildman–Crippen LogP) is 4.17. The molecule has 0 fully saturated rings. The van der Waals surface area contributed by atoms with Crippen LogP contribution in [-0.4, -0.2) is 30.4 Å². The maximum atomic E-state index is 13.7. The van der Waals surface area contributed by atoms with E-state index in [-0.39, 0.29) is 35.8 Å². The molecule has 1 unspecified atom stereocenters. The Morgan fingerprint density at radius 1 is 1.03 bits per heavy atom. The molecule has 0 spiro atoms. The average Bonchev–Trinajstić information content (AvgIpc) is 3.15. The number of methoxy groups -OCH3 is 1. The van der Waals surface area contributed by atoms with Crippen molar-refractivity contribution in [2.75, 3.05) is 13.7 Å². The van der Waals surface area contributed by atoms with Gasteiger partial charge in [0.2, 0.25) is 5.76 Å². The molecule has 1 aliphatic rings. The van der Waals surface area contributed by atoms with Crippen LogP contribution < -0.4 is 20.6 Å². The lowest BCUT2D eigenvalue weighted by atomic mass is 9.98. The second-order valence-corrected chi connectivity index (χ2v) is 9.24. The minimum atomic E-state index is -0.681. The van der Waals surface area contributed by atoms with E-state index in [1.165, 1.54) is 0 Å². The van der Waals surface area contributed by atoms with Crippen LogP contribution in [0.5, 0.6) is 11.5 Å². The molecule has 1 aromatic heterocycles. The summed E-state index contributed by atoms with van der Waals surface area (Å²) in [4.78, 5) is 39.9. The van der Waals surface area contributed by atoms with Gasteiger partial charge in [-0.15, -0.1) is 0 Å². The van der Waals surface area contributed by atoms with Crippen molar-refractivity contribution in [2.24, 2.45) is 5.73 Å². The van der Waals surface area contributed by atoms with Crippen LogP contribution in [0.1, 0.15) is 33.3 Å². The number of amides is 2. The Morgan fingerprint density at radius 3 is 2.39 bits per heavy atom. The van der Waals surface area contributed by atoms with E-state index in [9.17, 15) is 14.4 Å². The molecule has 0 saturated heterocycles. The Morgan fingerprint density at radius 2 is 1.72 bits per heavy atom. The summed E-state index contributed by atoms with van der Waals surface area (Å²) >= 11 is 3.40. The van der Waals surface area contributed by atoms with Crippen LogP contribution in [0.15, 0.2) is 80.4 Å². The Bertz CT molecular complexity index is 1530. The molecule has 0 saturated carbocycles. The van der Waals surface area contributed by atoms with Crippen molar-refractivity contribution in [3.05, 3.63) is 104 Å². The van der Waals surface area contributed by atoms with E-state index in [0.717, 1.165) is 10.0 Å². The fourth-order valence-corrected chi connectivity index (χ4v) is 4.69. The molecule has 0 radical (unpaired) electrons. The van der Waals surface area contributed by atoms with Crippen LogP contribution >= 0.6 is 15.9 Å². The van der Waals surface area contributed by atoms with Crippen LogP contribution in [0.2, 0.25) is 0 Å². The summed E-state index contributed by atoms with van der Waals surface area (Å²) in [6, 6.07) is 18.7. The van der Waals surface area contributed by atoms with Crippen LogP contribution in [0.3, 0.4) is 0 Å². The molecule has 8 nitrogen and oxygen atoms in total. The van der Waals surface area contributed by atoms with Gasteiger partial charge in [0, 0.05) is 11.0 Å². The Labute approximate surface area is 214 Å². The van der Waals surface area contributed by atoms with Gasteiger partial charge in [-0.2, -0.15) is 0 Å². The van der Waals surface area contributed by atoms with Crippen molar-refractivity contribution in [1.82, 2.24) is 4.90 Å². The highest BCUT2D eigenvalue weighted by Crippen LogP contribution is 2.40. The summed E-state index contributed by atoms with van der Waals surface area (Å²) in [5.74, 6) is 0.213. The number of carbonyl (C=O) groups excluding carboxylic acids is 2. The van der Waals surface area contributed by atoms with Crippen LogP contribution in [0, 0.1) is 0 Å². The highest BCUT2D eigenvalue weighted by Gasteiger charge is 2.42. The fourth-order valence-electron chi connectivity index (χ4n) is 4.33. The number of nitrogens with two attached hydrogens (primary N) is 1. The van der Waals surface area contributed by atoms with Gasteiger partial charge >= 0.3 is 0 Å². The molecule has 9 heteroatoms. The summed E-state index contributed by atoms with van der Waals surface area (Å²) in [5.41, 5.74) is 7.08. The quantitative estimate of drug-likeness (QED) is 0.371. The van der Waals surface area contributed by atoms with Crippen molar-refractivity contribution >= 4 is 38.7 Å². The van der Waals surface area contributed by atoms with Gasteiger partial charge in [-0.1, -0.05) is 40.2 Å². The summed E-state index contributed by atoms with van der Waals surface area (Å²) in [6.45, 7) is -0.00472. The van der Waals surface area contributed by atoms with E-state index >= 15 is 0 Å². The van der Waals surface area contributed by atoms with Crippen molar-refractivity contribution in [2.45, 2.75) is 12.6 Å². The van der Waals surface area contributed by atoms with Crippen molar-refractivity contribution in [3.63, 3.8) is 0 Å². The Hall–Kier alpha value is -4.11. The monoisotopic (exact) mass is 548 g/mol. The van der Waals surface area contributed by atoms with E-state index in [4.69, 9.17) is 19.6 Å². The molecule has 2 heterocycles. The first-order valence-corrected chi connectivity index (χ1v) is 11.9. The van der Waals surface area contributed by atoms with Crippen LogP contribution in [0.4, 0.5) is 0 Å². The lowest BCUT2D eigenvalue weighted by Gasteiger charge is -2.25. The topological polar surface area (TPSA) is 112 Å². The largest absolute Gasteiger partial charge is 0.497 e. The maximum absolute atomic E-state index is 13.7. The fraction of sp³-hybridized carbons (Fsp3) is 0.148. The first kappa shape index (κ1) is 23.6. The van der Waals surface area contributed by atoms with Crippen LogP contribution in [-0.2, 0) is 11.3 Å². The number of hydrogen-bond acceptors (Lipinski definition) is 6. The van der Waals surface area contributed by atoms with Gasteiger partial charge in [-0.05, 0) is 53.6 Å². The molecule has 4 aromatic rings. The molecule has 1 aliphatic heterocycles. The summed E-state index contributed by atoms with van der Waals surface area (Å²) in [6.07, 6.45) is 0. The van der Waals surface area contributed by atoms with Gasteiger partial charge in [-0.25, -0.2) is 0 Å². The zero-order valence-corrected chi connectivity index (χ0v) is 20.8. The highest BCUT2D eigenvalue weighted by molar-refractivity contribution is 9.10. The summed E-state index contributed by atoms with van der Waals surface area (Å²) in [5, 5.41) is 0.383. The van der Waals surface area contributed by atoms with Crippen LogP contribution in [0.25, 0.3) is 11.0 Å². The predicted molar refractivity (Wildman–Crippen MR) is 136 cm³/mol. The second-order valence-electron chi connectivity index (χ2n) is 8.32. The third kappa shape index (κ3) is 4.33. The molecular weight excluding hydrogens is 528 g/mol. The van der Waals surface area contributed by atoms with Gasteiger partial charge in [-0.3, -0.25) is 14.4 Å². The molecule has 0 aliphatic carbocycles. The smallest absolute Gasteiger partial charge is 0.291 e. The van der Waals surface area contributed by atoms with Crippen molar-refractivity contribution in [1.29, 1.82) is 0 Å². The van der Waals surface area contributed by atoms with Crippen molar-refractivity contribution < 1.29 is 23.5 Å². The summed E-state index contributed by atoms with van der Waals surface area (Å²) < 4.78 is 17.3. The van der Waals surface area contributed by atoms with E-state index in [2.05, 4.69) is 15.9 Å². The first-order valence-electron chi connectivity index (χ1n) is 11.1. The number of rotatable bonds is 7. The van der Waals surface area contributed by atoms with Gasteiger partial charge in [0.25, 0.3) is 11.8 Å². The molecule has 2 N–H and O–H groups in total. The highest BCUT2D eigenvalue weighted by atomic mass is 79.9. The number of primary amides is 1. The SMILES string of the molecule is COc1ccc(CN2C(=O)c3oc4ccc(Br)cc4c(=O)c3C2c2ccc(OCC(N)=O)cc2)cc1. The minimum Gasteiger partial charge on any atom is -0.497 e. The zero-order chi connectivity index (χ0) is 25.4. The Kier molecular flexibility index (Phi) is 6.24. The van der Waals surface area contributed by atoms with Crippen molar-refractivity contribution in [3.8, 4) is 11.5 Å². The number of benzene rings is 3. The average molecular weight is 549 g/mol.